The quantitative estimate of drug-likeness (QED) is 0.785. The van der Waals surface area contributed by atoms with Crippen molar-refractivity contribution in [2.75, 3.05) is 18.4 Å². The van der Waals surface area contributed by atoms with Gasteiger partial charge in [-0.3, -0.25) is 4.79 Å². The monoisotopic (exact) mass is 324 g/mol. The highest BCUT2D eigenvalue weighted by Gasteiger charge is 2.21. The van der Waals surface area contributed by atoms with Crippen molar-refractivity contribution in [3.8, 4) is 0 Å². The third kappa shape index (κ3) is 5.29. The van der Waals surface area contributed by atoms with Crippen molar-refractivity contribution in [2.45, 2.75) is 52.4 Å². The zero-order valence-electron chi connectivity index (χ0n) is 14.1. The Hall–Kier alpha value is -1.06. The van der Waals surface area contributed by atoms with Gasteiger partial charge in [0.2, 0.25) is 5.91 Å². The maximum Gasteiger partial charge on any atom is 0.238 e. The third-order valence-electron chi connectivity index (χ3n) is 4.05. The number of carbonyl (C=O) groups excluding carboxylic acids is 1. The maximum atomic E-state index is 12.2. The number of amides is 1. The molecule has 1 aliphatic carbocycles. The van der Waals surface area contributed by atoms with Gasteiger partial charge >= 0.3 is 0 Å². The molecule has 0 unspecified atom stereocenters. The lowest BCUT2D eigenvalue weighted by atomic mass is 9.92. The average Bonchev–Trinajstić information content (AvgIpc) is 3.22. The van der Waals surface area contributed by atoms with E-state index in [4.69, 9.17) is 0 Å². The van der Waals surface area contributed by atoms with Gasteiger partial charge in [0.15, 0.2) is 0 Å². The summed E-state index contributed by atoms with van der Waals surface area (Å²) < 4.78 is 0. The largest absolute Gasteiger partial charge is 0.324 e. The summed E-state index contributed by atoms with van der Waals surface area (Å²) >= 11 is 0. The minimum atomic E-state index is 0. The second kappa shape index (κ2) is 8.54. The minimum Gasteiger partial charge on any atom is -0.324 e. The van der Waals surface area contributed by atoms with E-state index in [1.807, 2.05) is 0 Å². The Kier molecular flexibility index (Phi) is 7.37. The predicted molar refractivity (Wildman–Crippen MR) is 96.1 cm³/mol. The van der Waals surface area contributed by atoms with Gasteiger partial charge in [0.1, 0.15) is 0 Å². The Morgan fingerprint density at radius 1 is 1.14 bits per heavy atom. The molecule has 2 rings (SSSR count). The van der Waals surface area contributed by atoms with Gasteiger partial charge in [-0.15, -0.1) is 12.4 Å². The first-order chi connectivity index (χ1) is 9.99. The first-order valence-corrected chi connectivity index (χ1v) is 8.12. The summed E-state index contributed by atoms with van der Waals surface area (Å²) in [6.45, 7) is 10.0. The molecule has 4 heteroatoms. The predicted octanol–water partition coefficient (Wildman–Crippen LogP) is 4.29. The summed E-state index contributed by atoms with van der Waals surface area (Å²) in [7, 11) is 0. The normalized spacial score (nSPS) is 14.1. The van der Waals surface area contributed by atoms with Crippen LogP contribution in [0.2, 0.25) is 0 Å². The second-order valence-corrected chi connectivity index (χ2v) is 6.74. The lowest BCUT2D eigenvalue weighted by Crippen LogP contribution is -2.30. The number of carbonyl (C=O) groups is 1. The lowest BCUT2D eigenvalue weighted by molar-refractivity contribution is -0.115. The summed E-state index contributed by atoms with van der Waals surface area (Å²) in [5.74, 6) is 1.66. The highest BCUT2D eigenvalue weighted by Crippen LogP contribution is 2.32. The first kappa shape index (κ1) is 19.0. The van der Waals surface area contributed by atoms with Crippen molar-refractivity contribution < 1.29 is 4.79 Å². The van der Waals surface area contributed by atoms with Gasteiger partial charge in [-0.2, -0.15) is 0 Å². The number of anilines is 1. The van der Waals surface area contributed by atoms with Crippen molar-refractivity contribution >= 4 is 24.0 Å². The maximum absolute atomic E-state index is 12.2. The summed E-state index contributed by atoms with van der Waals surface area (Å²) in [4.78, 5) is 12.2. The molecule has 0 aliphatic heterocycles. The molecule has 0 saturated heterocycles. The van der Waals surface area contributed by atoms with Crippen molar-refractivity contribution in [1.29, 1.82) is 0 Å². The molecule has 0 atom stereocenters. The summed E-state index contributed by atoms with van der Waals surface area (Å²) in [5, 5.41) is 6.39. The SMILES string of the molecule is CC(C)c1cccc(C(C)C)c1NC(=O)CNCC1CC1.Cl. The molecule has 0 radical (unpaired) electrons. The van der Waals surface area contributed by atoms with Crippen LogP contribution in [0.1, 0.15) is 63.5 Å². The molecule has 1 saturated carbocycles. The topological polar surface area (TPSA) is 41.1 Å². The second-order valence-electron chi connectivity index (χ2n) is 6.74. The van der Waals surface area contributed by atoms with E-state index in [9.17, 15) is 4.79 Å². The summed E-state index contributed by atoms with van der Waals surface area (Å²) in [6, 6.07) is 6.32. The molecule has 0 spiro atoms. The Morgan fingerprint density at radius 3 is 2.14 bits per heavy atom. The Morgan fingerprint density at radius 2 is 1.68 bits per heavy atom. The number of halogens is 1. The Bertz CT molecular complexity index is 470. The fourth-order valence-corrected chi connectivity index (χ4v) is 2.59. The standard InChI is InChI=1S/C18H28N2O.ClH/c1-12(2)15-6-5-7-16(13(3)4)18(15)20-17(21)11-19-10-14-8-9-14;/h5-7,12-14,19H,8-11H2,1-4H3,(H,20,21);1H. The van der Waals surface area contributed by atoms with E-state index in [-0.39, 0.29) is 18.3 Å². The van der Waals surface area contributed by atoms with Gasteiger partial charge in [0, 0.05) is 5.69 Å². The van der Waals surface area contributed by atoms with E-state index in [1.54, 1.807) is 0 Å². The van der Waals surface area contributed by atoms with Gasteiger partial charge < -0.3 is 10.6 Å². The van der Waals surface area contributed by atoms with Crippen LogP contribution in [0.25, 0.3) is 0 Å². The molecule has 0 aromatic heterocycles. The molecule has 0 heterocycles. The van der Waals surface area contributed by atoms with Crippen LogP contribution < -0.4 is 10.6 Å². The highest BCUT2D eigenvalue weighted by atomic mass is 35.5. The van der Waals surface area contributed by atoms with Crippen molar-refractivity contribution in [3.63, 3.8) is 0 Å². The molecule has 2 N–H and O–H groups in total. The fourth-order valence-electron chi connectivity index (χ4n) is 2.59. The van der Waals surface area contributed by atoms with E-state index in [0.29, 0.717) is 18.4 Å². The molecule has 1 aromatic rings. The molecular weight excluding hydrogens is 296 g/mol. The van der Waals surface area contributed by atoms with Crippen molar-refractivity contribution in [1.82, 2.24) is 5.32 Å². The Labute approximate surface area is 140 Å². The van der Waals surface area contributed by atoms with E-state index in [1.165, 1.54) is 24.0 Å². The highest BCUT2D eigenvalue weighted by molar-refractivity contribution is 5.94. The molecule has 22 heavy (non-hydrogen) atoms. The molecule has 1 aliphatic rings. The number of nitrogens with one attached hydrogen (secondary N) is 2. The van der Waals surface area contributed by atoms with Gasteiger partial charge in [-0.05, 0) is 48.3 Å². The van der Waals surface area contributed by atoms with E-state index >= 15 is 0 Å². The number of hydrogen-bond donors (Lipinski definition) is 2. The van der Waals surface area contributed by atoms with E-state index in [0.717, 1.165) is 18.2 Å². The van der Waals surface area contributed by atoms with Crippen LogP contribution >= 0.6 is 12.4 Å². The van der Waals surface area contributed by atoms with Crippen LogP contribution in [0, 0.1) is 5.92 Å². The van der Waals surface area contributed by atoms with Crippen LogP contribution in [-0.2, 0) is 4.79 Å². The van der Waals surface area contributed by atoms with E-state index in [2.05, 4.69) is 56.5 Å². The van der Waals surface area contributed by atoms with Gasteiger partial charge in [0.05, 0.1) is 6.54 Å². The van der Waals surface area contributed by atoms with Crippen LogP contribution in [0.15, 0.2) is 18.2 Å². The number of benzene rings is 1. The molecule has 0 bridgehead atoms. The first-order valence-electron chi connectivity index (χ1n) is 8.12. The van der Waals surface area contributed by atoms with Gasteiger partial charge in [0.25, 0.3) is 0 Å². The average molecular weight is 325 g/mol. The summed E-state index contributed by atoms with van der Waals surface area (Å²) in [5.41, 5.74) is 3.45. The van der Waals surface area contributed by atoms with Crippen LogP contribution in [0.5, 0.6) is 0 Å². The van der Waals surface area contributed by atoms with Crippen molar-refractivity contribution in [3.05, 3.63) is 29.3 Å². The van der Waals surface area contributed by atoms with E-state index < -0.39 is 0 Å². The molecule has 124 valence electrons. The molecule has 3 nitrogen and oxygen atoms in total. The van der Waals surface area contributed by atoms with Crippen LogP contribution in [0.3, 0.4) is 0 Å². The van der Waals surface area contributed by atoms with Crippen LogP contribution in [-0.4, -0.2) is 19.0 Å². The molecule has 1 aromatic carbocycles. The molecule has 1 fully saturated rings. The van der Waals surface area contributed by atoms with Gasteiger partial charge in [-0.1, -0.05) is 45.9 Å². The minimum absolute atomic E-state index is 0. The molecule has 1 amide bonds. The summed E-state index contributed by atoms with van der Waals surface area (Å²) in [6.07, 6.45) is 2.62. The van der Waals surface area contributed by atoms with Gasteiger partial charge in [-0.25, -0.2) is 0 Å². The lowest BCUT2D eigenvalue weighted by Gasteiger charge is -2.20. The Balaban J connectivity index is 0.00000242. The fraction of sp³-hybridized carbons (Fsp3) is 0.611. The smallest absolute Gasteiger partial charge is 0.238 e. The number of hydrogen-bond acceptors (Lipinski definition) is 2. The number of rotatable bonds is 7. The van der Waals surface area contributed by atoms with Crippen molar-refractivity contribution in [2.24, 2.45) is 5.92 Å². The third-order valence-corrected chi connectivity index (χ3v) is 4.05. The van der Waals surface area contributed by atoms with Crippen LogP contribution in [0.4, 0.5) is 5.69 Å². The zero-order valence-corrected chi connectivity index (χ0v) is 14.9. The number of para-hydroxylation sites is 1. The molecular formula is C18H29ClN2O. The zero-order chi connectivity index (χ0) is 15.4.